The molecule has 0 saturated carbocycles. The first-order valence-electron chi connectivity index (χ1n) is 6.68. The van der Waals surface area contributed by atoms with Crippen molar-refractivity contribution in [3.05, 3.63) is 60.2 Å². The molecule has 0 aliphatic rings. The van der Waals surface area contributed by atoms with Gasteiger partial charge in [0, 0.05) is 16.3 Å². The molecule has 22 heavy (non-hydrogen) atoms. The molecule has 0 radical (unpaired) electrons. The molecule has 0 fully saturated rings. The van der Waals surface area contributed by atoms with Crippen LogP contribution in [0, 0.1) is 6.92 Å². The van der Waals surface area contributed by atoms with Crippen LogP contribution in [0.2, 0.25) is 0 Å². The molecule has 0 unspecified atom stereocenters. The van der Waals surface area contributed by atoms with E-state index in [9.17, 15) is 18.6 Å². The second kappa shape index (κ2) is 5.03. The number of sulfone groups is 1. The van der Waals surface area contributed by atoms with Gasteiger partial charge in [0.1, 0.15) is 16.4 Å². The smallest absolute Gasteiger partial charge is 0.210 e. The summed E-state index contributed by atoms with van der Waals surface area (Å²) in [6.07, 6.45) is 0. The van der Waals surface area contributed by atoms with Crippen LogP contribution in [0.3, 0.4) is 0 Å². The van der Waals surface area contributed by atoms with Gasteiger partial charge in [-0.05, 0) is 19.1 Å². The van der Waals surface area contributed by atoms with E-state index in [1.54, 1.807) is 42.5 Å². The number of benzene rings is 3. The highest BCUT2D eigenvalue weighted by atomic mass is 32.2. The minimum atomic E-state index is -3.92. The van der Waals surface area contributed by atoms with Crippen LogP contribution in [-0.2, 0) is 9.84 Å². The molecule has 0 spiro atoms. The zero-order valence-corrected chi connectivity index (χ0v) is 12.6. The Morgan fingerprint density at radius 3 is 1.86 bits per heavy atom. The zero-order chi connectivity index (χ0) is 15.9. The van der Waals surface area contributed by atoms with E-state index in [4.69, 9.17) is 0 Å². The molecular weight excluding hydrogens is 300 g/mol. The highest BCUT2D eigenvalue weighted by Crippen LogP contribution is 2.43. The first kappa shape index (κ1) is 14.4. The first-order valence-corrected chi connectivity index (χ1v) is 8.16. The Morgan fingerprint density at radius 2 is 1.27 bits per heavy atom. The highest BCUT2D eigenvalue weighted by Gasteiger charge is 2.27. The molecule has 4 nitrogen and oxygen atoms in total. The largest absolute Gasteiger partial charge is 0.507 e. The summed E-state index contributed by atoms with van der Waals surface area (Å²) in [6.45, 7) is 1.48. The molecule has 0 aromatic heterocycles. The lowest BCUT2D eigenvalue weighted by Gasteiger charge is -2.14. The molecule has 5 heteroatoms. The van der Waals surface area contributed by atoms with E-state index in [0.717, 1.165) is 0 Å². The van der Waals surface area contributed by atoms with Gasteiger partial charge in [-0.3, -0.25) is 0 Å². The highest BCUT2D eigenvalue weighted by molar-refractivity contribution is 7.91. The van der Waals surface area contributed by atoms with Gasteiger partial charge in [-0.2, -0.15) is 0 Å². The first-order chi connectivity index (χ1) is 10.4. The van der Waals surface area contributed by atoms with E-state index in [2.05, 4.69) is 0 Å². The van der Waals surface area contributed by atoms with Crippen molar-refractivity contribution >= 4 is 20.6 Å². The van der Waals surface area contributed by atoms with E-state index in [1.165, 1.54) is 19.1 Å². The number of hydrogen-bond acceptors (Lipinski definition) is 4. The second-order valence-corrected chi connectivity index (χ2v) is 6.90. The molecule has 3 aromatic rings. The Bertz CT molecular complexity index is 961. The van der Waals surface area contributed by atoms with Crippen molar-refractivity contribution < 1.29 is 18.6 Å². The molecule has 0 atom stereocenters. The molecule has 3 aromatic carbocycles. The van der Waals surface area contributed by atoms with Crippen LogP contribution >= 0.6 is 0 Å². The van der Waals surface area contributed by atoms with E-state index < -0.39 is 9.84 Å². The van der Waals surface area contributed by atoms with Crippen molar-refractivity contribution in [2.24, 2.45) is 0 Å². The van der Waals surface area contributed by atoms with Crippen molar-refractivity contribution in [1.82, 2.24) is 0 Å². The molecule has 112 valence electrons. The summed E-state index contributed by atoms with van der Waals surface area (Å²) < 4.78 is 25.6. The maximum absolute atomic E-state index is 12.8. The maximum Gasteiger partial charge on any atom is 0.210 e. The van der Waals surface area contributed by atoms with Crippen LogP contribution in [0.25, 0.3) is 10.8 Å². The molecule has 0 saturated heterocycles. The Kier molecular flexibility index (Phi) is 3.30. The fourth-order valence-corrected chi connectivity index (χ4v) is 4.17. The molecule has 0 heterocycles. The molecule has 3 rings (SSSR count). The van der Waals surface area contributed by atoms with Gasteiger partial charge in [-0.15, -0.1) is 0 Å². The Morgan fingerprint density at radius 1 is 0.773 bits per heavy atom. The third-order valence-electron chi connectivity index (χ3n) is 3.67. The van der Waals surface area contributed by atoms with Crippen LogP contribution in [-0.4, -0.2) is 18.6 Å². The Hall–Kier alpha value is -2.53. The average Bonchev–Trinajstić information content (AvgIpc) is 2.53. The number of phenols is 2. The number of phenolic OH excluding ortho intramolecular Hbond substituents is 2. The van der Waals surface area contributed by atoms with Crippen LogP contribution in [0.15, 0.2) is 64.4 Å². The van der Waals surface area contributed by atoms with Gasteiger partial charge in [0.15, 0.2) is 0 Å². The predicted octanol–water partition coefficient (Wildman–Crippen LogP) is 3.39. The summed E-state index contributed by atoms with van der Waals surface area (Å²) in [5, 5.41) is 21.5. The average molecular weight is 314 g/mol. The summed E-state index contributed by atoms with van der Waals surface area (Å²) >= 11 is 0. The SMILES string of the molecule is Cc1c(S(=O)(=O)c2ccccc2)c(O)c2ccccc2c1O. The fourth-order valence-electron chi connectivity index (χ4n) is 2.55. The lowest BCUT2D eigenvalue weighted by atomic mass is 10.0. The maximum atomic E-state index is 12.8. The van der Waals surface area contributed by atoms with Crippen LogP contribution in [0.4, 0.5) is 0 Å². The minimum Gasteiger partial charge on any atom is -0.507 e. The molecular formula is C17H14O4S. The molecule has 0 aliphatic carbocycles. The topological polar surface area (TPSA) is 74.6 Å². The van der Waals surface area contributed by atoms with Crippen molar-refractivity contribution in [2.45, 2.75) is 16.7 Å². The standard InChI is InChI=1S/C17H14O4S/c1-11-15(18)13-9-5-6-10-14(13)16(19)17(11)22(20,21)12-7-3-2-4-8-12/h2-10,18-19H,1H3. The van der Waals surface area contributed by atoms with E-state index in [0.29, 0.717) is 10.8 Å². The van der Waals surface area contributed by atoms with Gasteiger partial charge in [-0.1, -0.05) is 42.5 Å². The number of aromatic hydroxyl groups is 2. The van der Waals surface area contributed by atoms with Gasteiger partial charge in [0.05, 0.1) is 4.90 Å². The van der Waals surface area contributed by atoms with E-state index in [1.807, 2.05) is 0 Å². The van der Waals surface area contributed by atoms with Crippen molar-refractivity contribution in [1.29, 1.82) is 0 Å². The Balaban J connectivity index is 2.42. The lowest BCUT2D eigenvalue weighted by Crippen LogP contribution is -2.05. The zero-order valence-electron chi connectivity index (χ0n) is 11.8. The summed E-state index contributed by atoms with van der Waals surface area (Å²) in [5.41, 5.74) is 0.139. The van der Waals surface area contributed by atoms with Gasteiger partial charge in [0.25, 0.3) is 0 Å². The molecule has 0 aliphatic heterocycles. The number of rotatable bonds is 2. The van der Waals surface area contributed by atoms with Gasteiger partial charge >= 0.3 is 0 Å². The van der Waals surface area contributed by atoms with Crippen molar-refractivity contribution in [3.63, 3.8) is 0 Å². The second-order valence-electron chi connectivity index (χ2n) is 5.01. The monoisotopic (exact) mass is 314 g/mol. The fraction of sp³-hybridized carbons (Fsp3) is 0.0588. The molecule has 2 N–H and O–H groups in total. The lowest BCUT2D eigenvalue weighted by molar-refractivity contribution is 0.451. The minimum absolute atomic E-state index is 0.0723. The summed E-state index contributed by atoms with van der Waals surface area (Å²) in [5.74, 6) is -0.474. The third-order valence-corrected chi connectivity index (χ3v) is 5.60. The van der Waals surface area contributed by atoms with E-state index >= 15 is 0 Å². The van der Waals surface area contributed by atoms with Crippen molar-refractivity contribution in [2.75, 3.05) is 0 Å². The van der Waals surface area contributed by atoms with Gasteiger partial charge in [-0.25, -0.2) is 8.42 Å². The Labute approximate surface area is 128 Å². The van der Waals surface area contributed by atoms with Crippen LogP contribution in [0.1, 0.15) is 5.56 Å². The summed E-state index contributed by atoms with van der Waals surface area (Å²) in [4.78, 5) is -0.182. The van der Waals surface area contributed by atoms with Crippen LogP contribution < -0.4 is 0 Å². The third kappa shape index (κ3) is 2.02. The molecule has 0 amide bonds. The normalized spacial score (nSPS) is 11.7. The van der Waals surface area contributed by atoms with Crippen molar-refractivity contribution in [3.8, 4) is 11.5 Å². The van der Waals surface area contributed by atoms with E-state index in [-0.39, 0.29) is 26.9 Å². The molecule has 0 bridgehead atoms. The summed E-state index contributed by atoms with van der Waals surface area (Å²) in [7, 11) is -3.92. The number of fused-ring (bicyclic) bond motifs is 1. The van der Waals surface area contributed by atoms with Crippen LogP contribution in [0.5, 0.6) is 11.5 Å². The number of hydrogen-bond donors (Lipinski definition) is 2. The van der Waals surface area contributed by atoms with Gasteiger partial charge in [0.2, 0.25) is 9.84 Å². The van der Waals surface area contributed by atoms with Gasteiger partial charge < -0.3 is 10.2 Å². The summed E-state index contributed by atoms with van der Waals surface area (Å²) in [6, 6.07) is 14.5. The quantitative estimate of drug-likeness (QED) is 0.711. The predicted molar refractivity (Wildman–Crippen MR) is 83.9 cm³/mol.